The van der Waals surface area contributed by atoms with Crippen LogP contribution in [0.1, 0.15) is 35.8 Å². The zero-order valence-corrected chi connectivity index (χ0v) is 11.1. The van der Waals surface area contributed by atoms with Crippen molar-refractivity contribution in [2.75, 3.05) is 25.1 Å². The maximum Gasteiger partial charge on any atom is 0.164 e. The summed E-state index contributed by atoms with van der Waals surface area (Å²) in [6.45, 7) is 6.03. The molecule has 1 fully saturated rings. The van der Waals surface area contributed by atoms with Crippen LogP contribution in [0.15, 0.2) is 0 Å². The number of rotatable bonds is 4. The molecule has 1 saturated heterocycles. The van der Waals surface area contributed by atoms with Crippen molar-refractivity contribution in [3.8, 4) is 0 Å². The van der Waals surface area contributed by atoms with Gasteiger partial charge in [-0.05, 0) is 44.1 Å². The maximum absolute atomic E-state index is 11.5. The number of hydrogen-bond donors (Lipinski definition) is 1. The molecule has 1 atom stereocenters. The number of aryl methyl sites for hydroxylation is 1. The fourth-order valence-electron chi connectivity index (χ4n) is 2.11. The SMILES string of the molecule is CC(=O)c1c(C)nsc1NCC1CCCOC1. The van der Waals surface area contributed by atoms with Crippen molar-refractivity contribution in [2.45, 2.75) is 26.7 Å². The topological polar surface area (TPSA) is 51.2 Å². The van der Waals surface area contributed by atoms with E-state index in [-0.39, 0.29) is 5.78 Å². The summed E-state index contributed by atoms with van der Waals surface area (Å²) >= 11 is 1.37. The van der Waals surface area contributed by atoms with Gasteiger partial charge in [-0.25, -0.2) is 0 Å². The summed E-state index contributed by atoms with van der Waals surface area (Å²) in [7, 11) is 0. The van der Waals surface area contributed by atoms with E-state index in [2.05, 4.69) is 9.69 Å². The average molecular weight is 254 g/mol. The van der Waals surface area contributed by atoms with Crippen molar-refractivity contribution in [2.24, 2.45) is 5.92 Å². The molecule has 0 amide bonds. The Labute approximate surface area is 106 Å². The minimum absolute atomic E-state index is 0.0821. The summed E-state index contributed by atoms with van der Waals surface area (Å²) in [4.78, 5) is 11.5. The number of ether oxygens (including phenoxy) is 1. The fourth-order valence-corrected chi connectivity index (χ4v) is 2.96. The van der Waals surface area contributed by atoms with E-state index in [1.54, 1.807) is 6.92 Å². The Bertz CT molecular complexity index is 397. The zero-order chi connectivity index (χ0) is 12.3. The van der Waals surface area contributed by atoms with Gasteiger partial charge in [-0.3, -0.25) is 4.79 Å². The van der Waals surface area contributed by atoms with E-state index in [9.17, 15) is 4.79 Å². The van der Waals surface area contributed by atoms with Gasteiger partial charge in [0.2, 0.25) is 0 Å². The van der Waals surface area contributed by atoms with Crippen LogP contribution in [0.4, 0.5) is 5.00 Å². The molecule has 1 aromatic rings. The van der Waals surface area contributed by atoms with Crippen molar-refractivity contribution >= 4 is 22.3 Å². The van der Waals surface area contributed by atoms with E-state index >= 15 is 0 Å². The number of nitrogens with one attached hydrogen (secondary N) is 1. The Hall–Kier alpha value is -0.940. The summed E-state index contributed by atoms with van der Waals surface area (Å²) in [5, 5.41) is 4.24. The van der Waals surface area contributed by atoms with Gasteiger partial charge in [0.05, 0.1) is 17.9 Å². The number of carbonyl (C=O) groups excluding carboxylic acids is 1. The molecule has 0 radical (unpaired) electrons. The molecule has 1 aliphatic heterocycles. The van der Waals surface area contributed by atoms with Crippen LogP contribution in [0.25, 0.3) is 0 Å². The third-order valence-electron chi connectivity index (χ3n) is 3.02. The van der Waals surface area contributed by atoms with Crippen molar-refractivity contribution in [1.29, 1.82) is 0 Å². The summed E-state index contributed by atoms with van der Waals surface area (Å²) in [6.07, 6.45) is 2.33. The van der Waals surface area contributed by atoms with Crippen molar-refractivity contribution in [3.63, 3.8) is 0 Å². The summed E-state index contributed by atoms with van der Waals surface area (Å²) in [6, 6.07) is 0. The van der Waals surface area contributed by atoms with E-state index in [1.807, 2.05) is 6.92 Å². The van der Waals surface area contributed by atoms with Gasteiger partial charge in [0, 0.05) is 13.2 Å². The number of aromatic nitrogens is 1. The first-order valence-electron chi connectivity index (χ1n) is 5.97. The van der Waals surface area contributed by atoms with Crippen LogP contribution in [0.5, 0.6) is 0 Å². The highest BCUT2D eigenvalue weighted by atomic mass is 32.1. The van der Waals surface area contributed by atoms with Crippen LogP contribution in [0, 0.1) is 12.8 Å². The lowest BCUT2D eigenvalue weighted by Gasteiger charge is -2.22. The number of nitrogens with zero attached hydrogens (tertiary/aromatic N) is 1. The predicted molar refractivity (Wildman–Crippen MR) is 68.9 cm³/mol. The molecule has 4 nitrogen and oxygen atoms in total. The van der Waals surface area contributed by atoms with Crippen LogP contribution < -0.4 is 5.32 Å². The lowest BCUT2D eigenvalue weighted by Crippen LogP contribution is -2.24. The van der Waals surface area contributed by atoms with Crippen LogP contribution in [0.2, 0.25) is 0 Å². The first kappa shape index (κ1) is 12.5. The molecule has 0 bridgehead atoms. The standard InChI is InChI=1S/C12H18N2O2S/c1-8-11(9(2)15)12(17-14-8)13-6-10-4-3-5-16-7-10/h10,13H,3-7H2,1-2H3. The van der Waals surface area contributed by atoms with Crippen molar-refractivity contribution < 1.29 is 9.53 Å². The Morgan fingerprint density at radius 2 is 2.47 bits per heavy atom. The molecule has 1 aliphatic rings. The third-order valence-corrected chi connectivity index (χ3v) is 3.92. The number of carbonyl (C=O) groups is 1. The van der Waals surface area contributed by atoms with Gasteiger partial charge < -0.3 is 10.1 Å². The molecule has 1 N–H and O–H groups in total. The highest BCUT2D eigenvalue weighted by Crippen LogP contribution is 2.25. The molecule has 2 rings (SSSR count). The van der Waals surface area contributed by atoms with Gasteiger partial charge in [-0.2, -0.15) is 4.37 Å². The fraction of sp³-hybridized carbons (Fsp3) is 0.667. The van der Waals surface area contributed by atoms with E-state index in [4.69, 9.17) is 4.74 Å². The Morgan fingerprint density at radius 1 is 1.65 bits per heavy atom. The second-order valence-electron chi connectivity index (χ2n) is 4.49. The number of Topliss-reactive ketones (excluding diaryl/α,β-unsaturated/α-hetero) is 1. The molecule has 0 aliphatic carbocycles. The molecule has 17 heavy (non-hydrogen) atoms. The highest BCUT2D eigenvalue weighted by Gasteiger charge is 2.17. The average Bonchev–Trinajstić information content (AvgIpc) is 2.69. The van der Waals surface area contributed by atoms with E-state index in [0.717, 1.165) is 42.4 Å². The lowest BCUT2D eigenvalue weighted by atomic mass is 10.0. The van der Waals surface area contributed by atoms with E-state index in [1.165, 1.54) is 18.0 Å². The summed E-state index contributed by atoms with van der Waals surface area (Å²) < 4.78 is 9.66. The third kappa shape index (κ3) is 3.04. The summed E-state index contributed by atoms with van der Waals surface area (Å²) in [5.41, 5.74) is 1.57. The van der Waals surface area contributed by atoms with Crippen LogP contribution in [0.3, 0.4) is 0 Å². The quantitative estimate of drug-likeness (QED) is 0.839. The number of ketones is 1. The van der Waals surface area contributed by atoms with Gasteiger partial charge in [-0.1, -0.05) is 0 Å². The molecule has 5 heteroatoms. The molecule has 0 aromatic carbocycles. The monoisotopic (exact) mass is 254 g/mol. The minimum Gasteiger partial charge on any atom is -0.381 e. The van der Waals surface area contributed by atoms with Gasteiger partial charge >= 0.3 is 0 Å². The molecule has 1 aromatic heterocycles. The molecule has 94 valence electrons. The Morgan fingerprint density at radius 3 is 3.12 bits per heavy atom. The van der Waals surface area contributed by atoms with Gasteiger partial charge in [0.25, 0.3) is 0 Å². The van der Waals surface area contributed by atoms with Crippen molar-refractivity contribution in [3.05, 3.63) is 11.3 Å². The Kier molecular flexibility index (Phi) is 4.12. The first-order valence-corrected chi connectivity index (χ1v) is 6.74. The van der Waals surface area contributed by atoms with E-state index in [0.29, 0.717) is 5.92 Å². The zero-order valence-electron chi connectivity index (χ0n) is 10.3. The molecule has 2 heterocycles. The lowest BCUT2D eigenvalue weighted by molar-refractivity contribution is 0.0595. The maximum atomic E-state index is 11.5. The van der Waals surface area contributed by atoms with Crippen LogP contribution in [-0.2, 0) is 4.74 Å². The largest absolute Gasteiger partial charge is 0.381 e. The first-order chi connectivity index (χ1) is 8.18. The second kappa shape index (κ2) is 5.60. The Balaban J connectivity index is 1.96. The van der Waals surface area contributed by atoms with Gasteiger partial charge in [-0.15, -0.1) is 0 Å². The minimum atomic E-state index is 0.0821. The van der Waals surface area contributed by atoms with Gasteiger partial charge in [0.1, 0.15) is 5.00 Å². The number of hydrogen-bond acceptors (Lipinski definition) is 5. The normalized spacial score (nSPS) is 20.2. The van der Waals surface area contributed by atoms with Crippen LogP contribution >= 0.6 is 11.5 Å². The molecule has 1 unspecified atom stereocenters. The molecule has 0 spiro atoms. The number of anilines is 1. The second-order valence-corrected chi connectivity index (χ2v) is 5.27. The molecule has 0 saturated carbocycles. The van der Waals surface area contributed by atoms with Crippen LogP contribution in [-0.4, -0.2) is 29.9 Å². The highest BCUT2D eigenvalue weighted by molar-refractivity contribution is 7.10. The molecular weight excluding hydrogens is 236 g/mol. The molecular formula is C12H18N2O2S. The smallest absolute Gasteiger partial charge is 0.164 e. The van der Waals surface area contributed by atoms with Crippen molar-refractivity contribution in [1.82, 2.24) is 4.37 Å². The van der Waals surface area contributed by atoms with Gasteiger partial charge in [0.15, 0.2) is 5.78 Å². The predicted octanol–water partition coefficient (Wildman–Crippen LogP) is 2.49. The summed E-state index contributed by atoms with van der Waals surface area (Å²) in [5.74, 6) is 0.629. The van der Waals surface area contributed by atoms with E-state index < -0.39 is 0 Å².